The molecule has 0 bridgehead atoms. The van der Waals surface area contributed by atoms with E-state index < -0.39 is 16.2 Å². The van der Waals surface area contributed by atoms with E-state index in [9.17, 15) is 12.8 Å². The van der Waals surface area contributed by atoms with Gasteiger partial charge in [-0.15, -0.1) is 0 Å². The van der Waals surface area contributed by atoms with Crippen molar-refractivity contribution in [3.8, 4) is 17.1 Å². The maximum absolute atomic E-state index is 13.1. The van der Waals surface area contributed by atoms with Crippen molar-refractivity contribution in [2.75, 3.05) is 18.8 Å². The van der Waals surface area contributed by atoms with Gasteiger partial charge in [0.2, 0.25) is 10.0 Å². The van der Waals surface area contributed by atoms with Gasteiger partial charge in [-0.25, -0.2) is 27.8 Å². The van der Waals surface area contributed by atoms with Crippen molar-refractivity contribution >= 4 is 15.8 Å². The van der Waals surface area contributed by atoms with Gasteiger partial charge in [-0.05, 0) is 24.6 Å². The first-order valence-corrected chi connectivity index (χ1v) is 9.53. The molecule has 0 spiro atoms. The molecule has 11 heteroatoms. The quantitative estimate of drug-likeness (QED) is 0.705. The Morgan fingerprint density at radius 2 is 2.07 bits per heavy atom. The fourth-order valence-corrected chi connectivity index (χ4v) is 4.30. The molecule has 140 valence electrons. The van der Waals surface area contributed by atoms with E-state index in [4.69, 9.17) is 5.73 Å². The minimum Gasteiger partial charge on any atom is -0.381 e. The van der Waals surface area contributed by atoms with Crippen molar-refractivity contribution in [1.82, 2.24) is 29.0 Å². The first kappa shape index (κ1) is 17.5. The summed E-state index contributed by atoms with van der Waals surface area (Å²) >= 11 is 0. The number of sulfonamides is 1. The van der Waals surface area contributed by atoms with Gasteiger partial charge in [0.25, 0.3) is 0 Å². The molecule has 1 fully saturated rings. The zero-order chi connectivity index (χ0) is 19.2. The predicted octanol–water partition coefficient (Wildman–Crippen LogP) is 0.957. The van der Waals surface area contributed by atoms with Crippen molar-refractivity contribution in [3.05, 3.63) is 42.6 Å². The topological polar surface area (TPSA) is 120 Å². The van der Waals surface area contributed by atoms with Gasteiger partial charge in [-0.1, -0.05) is 6.07 Å². The van der Waals surface area contributed by atoms with Gasteiger partial charge in [0.05, 0.1) is 16.8 Å². The van der Waals surface area contributed by atoms with E-state index in [1.165, 1.54) is 35.7 Å². The molecule has 0 radical (unpaired) electrons. The highest BCUT2D eigenvalue weighted by Gasteiger charge is 2.37. The van der Waals surface area contributed by atoms with E-state index in [1.807, 2.05) is 6.92 Å². The number of alkyl halides is 1. The average molecular weight is 389 g/mol. The van der Waals surface area contributed by atoms with Gasteiger partial charge in [-0.2, -0.15) is 14.1 Å². The molecule has 4 rings (SSSR count). The van der Waals surface area contributed by atoms with E-state index in [1.54, 1.807) is 6.07 Å². The van der Waals surface area contributed by atoms with Crippen LogP contribution in [0.3, 0.4) is 0 Å². The Bertz CT molecular complexity index is 1100. The number of nitrogens with two attached hydrogens (primary N) is 1. The van der Waals surface area contributed by atoms with Crippen LogP contribution in [0.2, 0.25) is 0 Å². The summed E-state index contributed by atoms with van der Waals surface area (Å²) in [4.78, 5) is 12.5. The number of anilines is 1. The highest BCUT2D eigenvalue weighted by atomic mass is 32.2. The van der Waals surface area contributed by atoms with Crippen LogP contribution >= 0.6 is 0 Å². The van der Waals surface area contributed by atoms with Crippen molar-refractivity contribution in [1.29, 1.82) is 0 Å². The summed E-state index contributed by atoms with van der Waals surface area (Å²) < 4.78 is 40.9. The number of halogens is 1. The molecule has 1 saturated heterocycles. The Kier molecular flexibility index (Phi) is 4.12. The first-order chi connectivity index (χ1) is 12.9. The maximum atomic E-state index is 13.1. The molecule has 0 aliphatic carbocycles. The second-order valence-corrected chi connectivity index (χ2v) is 8.14. The Balaban J connectivity index is 1.78. The second kappa shape index (κ2) is 6.35. The summed E-state index contributed by atoms with van der Waals surface area (Å²) in [6.45, 7) is 1.59. The Labute approximate surface area is 154 Å². The molecule has 2 N–H and O–H groups in total. The molecule has 1 aromatic carbocycles. The van der Waals surface area contributed by atoms with Gasteiger partial charge >= 0.3 is 0 Å². The summed E-state index contributed by atoms with van der Waals surface area (Å²) in [5, 5.41) is 4.00. The molecule has 3 heterocycles. The summed E-state index contributed by atoms with van der Waals surface area (Å²) in [5.41, 5.74) is 7.71. The third-order valence-electron chi connectivity index (χ3n) is 4.34. The van der Waals surface area contributed by atoms with Crippen molar-refractivity contribution in [2.24, 2.45) is 0 Å². The molecule has 27 heavy (non-hydrogen) atoms. The standard InChI is InChI=1S/C16H16FN7O2S/c1-10-2-3-12(27(25,26)23-6-11(17)7-23)4-13(10)14-5-20-15(18)16(22-14)24-9-19-8-21-24/h2-5,8-9,11H,6-7H2,1H3,(H2,18,20). The number of nitrogens with zero attached hydrogens (tertiary/aromatic N) is 6. The van der Waals surface area contributed by atoms with E-state index in [2.05, 4.69) is 20.1 Å². The van der Waals surface area contributed by atoms with Gasteiger partial charge in [0, 0.05) is 18.7 Å². The molecule has 0 atom stereocenters. The molecule has 0 unspecified atom stereocenters. The van der Waals surface area contributed by atoms with E-state index >= 15 is 0 Å². The number of aromatic nitrogens is 5. The lowest BCUT2D eigenvalue weighted by Gasteiger charge is -2.33. The van der Waals surface area contributed by atoms with Gasteiger partial charge < -0.3 is 5.73 Å². The SMILES string of the molecule is Cc1ccc(S(=O)(=O)N2CC(F)C2)cc1-c1cnc(N)c(-n2cncn2)n1. The number of aryl methyl sites for hydroxylation is 1. The van der Waals surface area contributed by atoms with E-state index in [-0.39, 0.29) is 23.8 Å². The highest BCUT2D eigenvalue weighted by Crippen LogP contribution is 2.29. The van der Waals surface area contributed by atoms with Crippen molar-refractivity contribution in [3.63, 3.8) is 0 Å². The minimum atomic E-state index is -3.75. The number of rotatable bonds is 4. The summed E-state index contributed by atoms with van der Waals surface area (Å²) in [6.07, 6.45) is 3.14. The number of hydrogen-bond donors (Lipinski definition) is 1. The van der Waals surface area contributed by atoms with Crippen LogP contribution in [0.1, 0.15) is 5.56 Å². The van der Waals surface area contributed by atoms with Crippen molar-refractivity contribution in [2.45, 2.75) is 18.0 Å². The molecule has 1 aliphatic rings. The third-order valence-corrected chi connectivity index (χ3v) is 6.17. The summed E-state index contributed by atoms with van der Waals surface area (Å²) in [6, 6.07) is 4.70. The monoisotopic (exact) mass is 389 g/mol. The summed E-state index contributed by atoms with van der Waals surface area (Å²) in [5.74, 6) is 0.459. The Hall–Kier alpha value is -2.92. The number of nitrogen functional groups attached to an aromatic ring is 1. The average Bonchev–Trinajstić information content (AvgIpc) is 3.14. The summed E-state index contributed by atoms with van der Waals surface area (Å²) in [7, 11) is -3.75. The Morgan fingerprint density at radius 3 is 2.74 bits per heavy atom. The maximum Gasteiger partial charge on any atom is 0.243 e. The normalized spacial score (nSPS) is 15.6. The molecular weight excluding hydrogens is 373 g/mol. The van der Waals surface area contributed by atoms with Crippen LogP contribution < -0.4 is 5.73 Å². The fourth-order valence-electron chi connectivity index (χ4n) is 2.78. The van der Waals surface area contributed by atoms with Crippen LogP contribution in [0.5, 0.6) is 0 Å². The third kappa shape index (κ3) is 3.04. The lowest BCUT2D eigenvalue weighted by Crippen LogP contribution is -2.51. The molecule has 0 saturated carbocycles. The first-order valence-electron chi connectivity index (χ1n) is 8.09. The molecular formula is C16H16FN7O2S. The molecule has 1 aliphatic heterocycles. The molecule has 9 nitrogen and oxygen atoms in total. The van der Waals surface area contributed by atoms with Gasteiger partial charge in [0.15, 0.2) is 11.6 Å². The zero-order valence-electron chi connectivity index (χ0n) is 14.3. The lowest BCUT2D eigenvalue weighted by molar-refractivity contribution is 0.141. The van der Waals surface area contributed by atoms with Gasteiger partial charge in [-0.3, -0.25) is 0 Å². The van der Waals surface area contributed by atoms with Crippen LogP contribution in [-0.4, -0.2) is 56.7 Å². The molecule has 3 aromatic rings. The largest absolute Gasteiger partial charge is 0.381 e. The van der Waals surface area contributed by atoms with Crippen LogP contribution in [0, 0.1) is 6.92 Å². The fraction of sp³-hybridized carbons (Fsp3) is 0.250. The van der Waals surface area contributed by atoms with Crippen LogP contribution in [0.15, 0.2) is 41.9 Å². The van der Waals surface area contributed by atoms with Crippen LogP contribution in [-0.2, 0) is 10.0 Å². The Morgan fingerprint density at radius 1 is 1.30 bits per heavy atom. The highest BCUT2D eigenvalue weighted by molar-refractivity contribution is 7.89. The molecule has 2 aromatic heterocycles. The van der Waals surface area contributed by atoms with E-state index in [0.29, 0.717) is 17.1 Å². The van der Waals surface area contributed by atoms with Crippen LogP contribution in [0.4, 0.5) is 10.2 Å². The number of benzene rings is 1. The minimum absolute atomic E-state index is 0.0796. The molecule has 0 amide bonds. The second-order valence-electron chi connectivity index (χ2n) is 6.20. The van der Waals surface area contributed by atoms with E-state index in [0.717, 1.165) is 9.87 Å². The number of hydrogen-bond acceptors (Lipinski definition) is 7. The van der Waals surface area contributed by atoms with Gasteiger partial charge in [0.1, 0.15) is 18.8 Å². The zero-order valence-corrected chi connectivity index (χ0v) is 15.1. The lowest BCUT2D eigenvalue weighted by atomic mass is 10.1. The predicted molar refractivity (Wildman–Crippen MR) is 95.2 cm³/mol. The smallest absolute Gasteiger partial charge is 0.243 e. The van der Waals surface area contributed by atoms with Crippen LogP contribution in [0.25, 0.3) is 17.1 Å². The van der Waals surface area contributed by atoms with Crippen molar-refractivity contribution < 1.29 is 12.8 Å².